The third-order valence-corrected chi connectivity index (χ3v) is 3.46. The van der Waals surface area contributed by atoms with Crippen molar-refractivity contribution in [2.45, 2.75) is 98.8 Å². The van der Waals surface area contributed by atoms with Crippen LogP contribution in [0.1, 0.15) is 98.8 Å². The largest absolute Gasteiger partial charge is 0.466 e. The highest BCUT2D eigenvalue weighted by Gasteiger charge is 2.06. The summed E-state index contributed by atoms with van der Waals surface area (Å²) in [4.78, 5) is 21.9. The van der Waals surface area contributed by atoms with E-state index in [0.717, 1.165) is 38.5 Å². The summed E-state index contributed by atoms with van der Waals surface area (Å²) in [5.74, 6) is -0.0970. The van der Waals surface area contributed by atoms with Crippen molar-refractivity contribution < 1.29 is 19.1 Å². The number of esters is 2. The van der Waals surface area contributed by atoms with Crippen molar-refractivity contribution in [1.82, 2.24) is 0 Å². The third kappa shape index (κ3) is 20.9. The molecule has 0 saturated carbocycles. The summed E-state index contributed by atoms with van der Waals surface area (Å²) in [6.07, 6.45) is 10.7. The molecule has 0 unspecified atom stereocenters. The number of hydrogen-bond acceptors (Lipinski definition) is 4. The van der Waals surface area contributed by atoms with E-state index in [1.807, 2.05) is 13.8 Å². The van der Waals surface area contributed by atoms with Gasteiger partial charge in [0.05, 0.1) is 19.1 Å². The SMILES string of the molecule is CCCCCCCC(=O)OCCCC.CCCCOC(=O)C(C)C. The molecule has 0 radical (unpaired) electrons. The summed E-state index contributed by atoms with van der Waals surface area (Å²) in [5.41, 5.74) is 0. The van der Waals surface area contributed by atoms with Crippen molar-refractivity contribution in [2.24, 2.45) is 5.92 Å². The molecule has 0 aliphatic heterocycles. The Bertz CT molecular complexity index is 287. The second kappa shape index (κ2) is 20.0. The van der Waals surface area contributed by atoms with Crippen LogP contribution in [0.4, 0.5) is 0 Å². The van der Waals surface area contributed by atoms with Gasteiger partial charge in [-0.1, -0.05) is 73.1 Å². The van der Waals surface area contributed by atoms with E-state index in [0.29, 0.717) is 19.6 Å². The maximum absolute atomic E-state index is 11.1. The number of rotatable bonds is 13. The zero-order valence-corrected chi connectivity index (χ0v) is 16.7. The zero-order valence-electron chi connectivity index (χ0n) is 16.7. The molecule has 0 aromatic rings. The molecule has 144 valence electrons. The summed E-state index contributed by atoms with van der Waals surface area (Å²) < 4.78 is 9.95. The monoisotopic (exact) mass is 344 g/mol. The molecular formula is C20H40O4. The van der Waals surface area contributed by atoms with Gasteiger partial charge in [-0.3, -0.25) is 9.59 Å². The predicted molar refractivity (Wildman–Crippen MR) is 99.9 cm³/mol. The van der Waals surface area contributed by atoms with Crippen molar-refractivity contribution in [3.8, 4) is 0 Å². The second-order valence-corrected chi connectivity index (χ2v) is 6.41. The summed E-state index contributed by atoms with van der Waals surface area (Å²) >= 11 is 0. The molecule has 24 heavy (non-hydrogen) atoms. The van der Waals surface area contributed by atoms with Crippen LogP contribution in [0, 0.1) is 5.92 Å². The third-order valence-electron chi connectivity index (χ3n) is 3.46. The molecule has 0 fully saturated rings. The van der Waals surface area contributed by atoms with Crippen molar-refractivity contribution in [3.05, 3.63) is 0 Å². The van der Waals surface area contributed by atoms with Crippen molar-refractivity contribution in [1.29, 1.82) is 0 Å². The second-order valence-electron chi connectivity index (χ2n) is 6.41. The van der Waals surface area contributed by atoms with Crippen LogP contribution >= 0.6 is 0 Å². The van der Waals surface area contributed by atoms with Crippen LogP contribution < -0.4 is 0 Å². The highest BCUT2D eigenvalue weighted by molar-refractivity contribution is 5.71. The van der Waals surface area contributed by atoms with E-state index in [1.165, 1.54) is 19.3 Å². The standard InChI is InChI=1S/C12H24O2.C8H16O2/c1-3-5-7-8-9-10-12(13)14-11-6-4-2;1-4-5-6-10-8(9)7(2)3/h3-11H2,1-2H3;7H,4-6H2,1-3H3. The first kappa shape index (κ1) is 25.2. The molecule has 0 aromatic heterocycles. The minimum absolute atomic E-state index is 0.0110. The molecule has 0 aliphatic rings. The van der Waals surface area contributed by atoms with E-state index in [9.17, 15) is 9.59 Å². The molecule has 0 aromatic carbocycles. The highest BCUT2D eigenvalue weighted by Crippen LogP contribution is 2.05. The molecule has 0 bridgehead atoms. The summed E-state index contributed by atoms with van der Waals surface area (Å²) in [5, 5.41) is 0. The Kier molecular flexibility index (Phi) is 21.0. The summed E-state index contributed by atoms with van der Waals surface area (Å²) in [7, 11) is 0. The topological polar surface area (TPSA) is 52.6 Å². The number of carbonyl (C=O) groups is 2. The first-order chi connectivity index (χ1) is 11.5. The molecule has 0 saturated heterocycles. The lowest BCUT2D eigenvalue weighted by Gasteiger charge is -2.04. The van der Waals surface area contributed by atoms with Crippen LogP contribution in [0.3, 0.4) is 0 Å². The fraction of sp³-hybridized carbons (Fsp3) is 0.900. The van der Waals surface area contributed by atoms with Gasteiger partial charge in [0.15, 0.2) is 0 Å². The first-order valence-electron chi connectivity index (χ1n) is 9.81. The van der Waals surface area contributed by atoms with Gasteiger partial charge in [0, 0.05) is 6.42 Å². The lowest BCUT2D eigenvalue weighted by molar-refractivity contribution is -0.147. The van der Waals surface area contributed by atoms with Gasteiger partial charge in [0.25, 0.3) is 0 Å². The minimum Gasteiger partial charge on any atom is -0.466 e. The maximum Gasteiger partial charge on any atom is 0.308 e. The fourth-order valence-electron chi connectivity index (χ4n) is 1.76. The van der Waals surface area contributed by atoms with Gasteiger partial charge in [0.1, 0.15) is 0 Å². The molecule has 4 heteroatoms. The summed E-state index contributed by atoms with van der Waals surface area (Å²) in [6.45, 7) is 11.2. The molecule has 0 atom stereocenters. The van der Waals surface area contributed by atoms with Crippen LogP contribution in [0.2, 0.25) is 0 Å². The Hall–Kier alpha value is -1.06. The van der Waals surface area contributed by atoms with E-state index < -0.39 is 0 Å². The van der Waals surface area contributed by atoms with Crippen molar-refractivity contribution in [2.75, 3.05) is 13.2 Å². The predicted octanol–water partition coefficient (Wildman–Crippen LogP) is 5.68. The van der Waals surface area contributed by atoms with Gasteiger partial charge in [-0.25, -0.2) is 0 Å². The quantitative estimate of drug-likeness (QED) is 0.319. The Morgan fingerprint density at radius 2 is 1.21 bits per heavy atom. The van der Waals surface area contributed by atoms with Gasteiger partial charge in [-0.2, -0.15) is 0 Å². The molecule has 0 N–H and O–H groups in total. The van der Waals surface area contributed by atoms with E-state index in [2.05, 4.69) is 20.8 Å². The van der Waals surface area contributed by atoms with Crippen LogP contribution in [0.15, 0.2) is 0 Å². The van der Waals surface area contributed by atoms with Gasteiger partial charge >= 0.3 is 11.9 Å². The normalized spacial score (nSPS) is 10.1. The lowest BCUT2D eigenvalue weighted by atomic mass is 10.1. The Morgan fingerprint density at radius 1 is 0.708 bits per heavy atom. The molecule has 0 heterocycles. The lowest BCUT2D eigenvalue weighted by Crippen LogP contribution is -2.12. The van der Waals surface area contributed by atoms with Crippen LogP contribution in [-0.2, 0) is 19.1 Å². The number of hydrogen-bond donors (Lipinski definition) is 0. The average Bonchev–Trinajstić information content (AvgIpc) is 2.55. The van der Waals surface area contributed by atoms with E-state index >= 15 is 0 Å². The molecule has 0 aliphatic carbocycles. The molecule has 0 rings (SSSR count). The zero-order chi connectivity index (χ0) is 18.6. The smallest absolute Gasteiger partial charge is 0.308 e. The number of unbranched alkanes of at least 4 members (excludes halogenated alkanes) is 6. The van der Waals surface area contributed by atoms with Crippen LogP contribution in [0.5, 0.6) is 0 Å². The van der Waals surface area contributed by atoms with Gasteiger partial charge < -0.3 is 9.47 Å². The highest BCUT2D eigenvalue weighted by atomic mass is 16.5. The molecule has 0 spiro atoms. The van der Waals surface area contributed by atoms with Gasteiger partial charge in [-0.05, 0) is 19.3 Å². The Morgan fingerprint density at radius 3 is 1.71 bits per heavy atom. The maximum atomic E-state index is 11.1. The van der Waals surface area contributed by atoms with Crippen LogP contribution in [0.25, 0.3) is 0 Å². The molecule has 4 nitrogen and oxygen atoms in total. The molecular weight excluding hydrogens is 304 g/mol. The van der Waals surface area contributed by atoms with E-state index in [-0.39, 0.29) is 17.9 Å². The Balaban J connectivity index is 0. The Labute approximate surface area is 149 Å². The number of ether oxygens (including phenoxy) is 2. The van der Waals surface area contributed by atoms with Gasteiger partial charge in [-0.15, -0.1) is 0 Å². The van der Waals surface area contributed by atoms with Gasteiger partial charge in [0.2, 0.25) is 0 Å². The number of carbonyl (C=O) groups excluding carboxylic acids is 2. The van der Waals surface area contributed by atoms with E-state index in [1.54, 1.807) is 0 Å². The first-order valence-corrected chi connectivity index (χ1v) is 9.81. The average molecular weight is 345 g/mol. The van der Waals surface area contributed by atoms with E-state index in [4.69, 9.17) is 9.47 Å². The summed E-state index contributed by atoms with van der Waals surface area (Å²) in [6, 6.07) is 0. The van der Waals surface area contributed by atoms with Crippen LogP contribution in [-0.4, -0.2) is 25.2 Å². The molecule has 0 amide bonds. The fourth-order valence-corrected chi connectivity index (χ4v) is 1.76. The van der Waals surface area contributed by atoms with Crippen molar-refractivity contribution >= 4 is 11.9 Å². The minimum atomic E-state index is -0.0894. The van der Waals surface area contributed by atoms with Crippen molar-refractivity contribution in [3.63, 3.8) is 0 Å².